The summed E-state index contributed by atoms with van der Waals surface area (Å²) in [6.45, 7) is 0. The van der Waals surface area contributed by atoms with Crippen LogP contribution in [-0.4, -0.2) is 52.1 Å². The van der Waals surface area contributed by atoms with Crippen LogP contribution in [0.3, 0.4) is 0 Å². The fourth-order valence-electron chi connectivity index (χ4n) is 5.50. The number of aromatic nitrogens is 3. The van der Waals surface area contributed by atoms with Crippen molar-refractivity contribution < 1.29 is 4.79 Å². The summed E-state index contributed by atoms with van der Waals surface area (Å²) in [5, 5.41) is 3.25. The van der Waals surface area contributed by atoms with E-state index in [1.54, 1.807) is 18.6 Å². The average Bonchev–Trinajstić information content (AvgIpc) is 3.15. The minimum atomic E-state index is -0.0590. The lowest BCUT2D eigenvalue weighted by Crippen LogP contribution is -2.46. The normalized spacial score (nSPS) is 25.3. The second kappa shape index (κ2) is 8.90. The molecule has 3 aromatic rings. The quantitative estimate of drug-likeness (QED) is 0.655. The third-order valence-electron chi connectivity index (χ3n) is 7.26. The number of hydrogen-bond acceptors (Lipinski definition) is 5. The van der Waals surface area contributed by atoms with Crippen LogP contribution in [0.1, 0.15) is 37.7 Å². The summed E-state index contributed by atoms with van der Waals surface area (Å²) in [6.07, 6.45) is 10.2. The maximum Gasteiger partial charge on any atom is 0.322 e. The summed E-state index contributed by atoms with van der Waals surface area (Å²) < 4.78 is 0. The van der Waals surface area contributed by atoms with E-state index in [0.717, 1.165) is 43.5 Å². The lowest BCUT2D eigenvalue weighted by Gasteiger charge is -2.44. The molecule has 1 saturated heterocycles. The first-order valence-corrected chi connectivity index (χ1v) is 11.6. The highest BCUT2D eigenvalue weighted by Gasteiger charge is 2.44. The highest BCUT2D eigenvalue weighted by molar-refractivity contribution is 5.95. The van der Waals surface area contributed by atoms with Crippen LogP contribution < -0.4 is 10.2 Å². The highest BCUT2D eigenvalue weighted by Crippen LogP contribution is 2.41. The number of nitrogens with zero attached hydrogens (tertiary/aromatic N) is 5. The number of nitrogens with one attached hydrogen (secondary N) is 1. The number of fused-ring (bicyclic) bond motifs is 1. The second-order valence-electron chi connectivity index (χ2n) is 9.20. The van der Waals surface area contributed by atoms with Crippen LogP contribution in [0.25, 0.3) is 11.5 Å². The van der Waals surface area contributed by atoms with Crippen molar-refractivity contribution in [1.82, 2.24) is 25.2 Å². The fourth-order valence-corrected chi connectivity index (χ4v) is 5.50. The van der Waals surface area contributed by atoms with Crippen LogP contribution in [0.4, 0.5) is 10.5 Å². The molecule has 1 aliphatic carbocycles. The van der Waals surface area contributed by atoms with Gasteiger partial charge in [0.2, 0.25) is 0 Å². The zero-order valence-corrected chi connectivity index (χ0v) is 19.2. The first kappa shape index (κ1) is 21.5. The molecule has 1 saturated carbocycles. The lowest BCUT2D eigenvalue weighted by molar-refractivity contribution is 0.106. The van der Waals surface area contributed by atoms with Crippen LogP contribution in [0.2, 0.25) is 0 Å². The van der Waals surface area contributed by atoms with Crippen molar-refractivity contribution in [3.8, 4) is 11.5 Å². The zero-order valence-electron chi connectivity index (χ0n) is 19.2. The van der Waals surface area contributed by atoms with Crippen LogP contribution in [0.5, 0.6) is 0 Å². The molecule has 0 radical (unpaired) electrons. The Hall–Kier alpha value is -3.32. The van der Waals surface area contributed by atoms with Gasteiger partial charge >= 0.3 is 6.03 Å². The third-order valence-corrected chi connectivity index (χ3v) is 7.26. The lowest BCUT2D eigenvalue weighted by atomic mass is 9.75. The maximum absolute atomic E-state index is 13.0. The maximum atomic E-state index is 13.0. The largest absolute Gasteiger partial charge is 0.333 e. The molecule has 0 bridgehead atoms. The van der Waals surface area contributed by atoms with Gasteiger partial charge in [-0.15, -0.1) is 0 Å². The molecule has 0 spiro atoms. The number of urea groups is 1. The van der Waals surface area contributed by atoms with E-state index >= 15 is 0 Å². The summed E-state index contributed by atoms with van der Waals surface area (Å²) >= 11 is 0. The molecule has 1 aromatic carbocycles. The molecule has 7 nitrogen and oxygen atoms in total. The summed E-state index contributed by atoms with van der Waals surface area (Å²) in [5.74, 6) is 0.562. The number of anilines is 1. The summed E-state index contributed by atoms with van der Waals surface area (Å²) in [7, 11) is 4.35. The van der Waals surface area contributed by atoms with Gasteiger partial charge in [-0.25, -0.2) is 14.8 Å². The predicted octanol–water partition coefficient (Wildman–Crippen LogP) is 4.23. The van der Waals surface area contributed by atoms with Crippen molar-refractivity contribution in [3.05, 3.63) is 72.7 Å². The molecule has 5 rings (SSSR count). The Bertz CT molecular complexity index is 1090. The minimum absolute atomic E-state index is 0.0161. The molecule has 1 aliphatic heterocycles. The van der Waals surface area contributed by atoms with E-state index < -0.39 is 0 Å². The van der Waals surface area contributed by atoms with Crippen LogP contribution in [0, 0.1) is 0 Å². The summed E-state index contributed by atoms with van der Waals surface area (Å²) in [4.78, 5) is 30.5. The van der Waals surface area contributed by atoms with Gasteiger partial charge in [-0.2, -0.15) is 0 Å². The second-order valence-corrected chi connectivity index (χ2v) is 9.20. The van der Waals surface area contributed by atoms with Gasteiger partial charge < -0.3 is 5.32 Å². The fraction of sp³-hybridized carbons (Fsp3) is 0.385. The average molecular weight is 443 g/mol. The van der Waals surface area contributed by atoms with E-state index in [-0.39, 0.29) is 23.7 Å². The molecule has 2 amide bonds. The molecule has 7 heteroatoms. The molecular formula is C26H30N6O. The molecule has 2 aromatic heterocycles. The number of hydrogen-bond donors (Lipinski definition) is 1. The van der Waals surface area contributed by atoms with E-state index in [4.69, 9.17) is 0 Å². The third kappa shape index (κ3) is 3.97. The topological polar surface area (TPSA) is 74.2 Å². The number of pyridine rings is 1. The molecule has 3 atom stereocenters. The summed E-state index contributed by atoms with van der Waals surface area (Å²) in [6, 6.07) is 16.6. The first-order valence-electron chi connectivity index (χ1n) is 11.6. The van der Waals surface area contributed by atoms with Crippen LogP contribution in [0.15, 0.2) is 67.1 Å². The number of rotatable bonds is 4. The van der Waals surface area contributed by atoms with Gasteiger partial charge in [0.15, 0.2) is 5.82 Å². The molecule has 2 fully saturated rings. The molecule has 33 heavy (non-hydrogen) atoms. The van der Waals surface area contributed by atoms with Gasteiger partial charge in [0.1, 0.15) is 5.69 Å². The van der Waals surface area contributed by atoms with Crippen molar-refractivity contribution in [2.75, 3.05) is 19.0 Å². The Labute approximate surface area is 194 Å². The molecule has 2 aliphatic rings. The van der Waals surface area contributed by atoms with Crippen molar-refractivity contribution in [2.24, 2.45) is 0 Å². The van der Waals surface area contributed by atoms with Gasteiger partial charge in [0.05, 0.1) is 30.2 Å². The Morgan fingerprint density at radius 1 is 0.970 bits per heavy atom. The smallest absolute Gasteiger partial charge is 0.322 e. The van der Waals surface area contributed by atoms with Crippen molar-refractivity contribution >= 4 is 11.7 Å². The number of carbonyl (C=O) groups excluding carboxylic acids is 1. The van der Waals surface area contributed by atoms with Gasteiger partial charge in [-0.1, -0.05) is 36.4 Å². The highest BCUT2D eigenvalue weighted by atomic mass is 16.2. The van der Waals surface area contributed by atoms with Gasteiger partial charge in [0, 0.05) is 11.7 Å². The first-order chi connectivity index (χ1) is 16.1. The molecule has 1 N–H and O–H groups in total. The number of carbonyl (C=O) groups is 1. The van der Waals surface area contributed by atoms with Crippen molar-refractivity contribution in [3.63, 3.8) is 0 Å². The van der Waals surface area contributed by atoms with Crippen LogP contribution in [-0.2, 0) is 5.54 Å². The Balaban J connectivity index is 1.37. The van der Waals surface area contributed by atoms with Gasteiger partial charge in [-0.3, -0.25) is 14.8 Å². The minimum Gasteiger partial charge on any atom is -0.333 e. The van der Waals surface area contributed by atoms with Crippen molar-refractivity contribution in [1.29, 1.82) is 0 Å². The van der Waals surface area contributed by atoms with Gasteiger partial charge in [-0.05, 0) is 63.9 Å². The molecule has 1 unspecified atom stereocenters. The van der Waals surface area contributed by atoms with Crippen molar-refractivity contribution in [2.45, 2.75) is 49.7 Å². The van der Waals surface area contributed by atoms with E-state index in [0.29, 0.717) is 5.82 Å². The van der Waals surface area contributed by atoms with Gasteiger partial charge in [0.25, 0.3) is 0 Å². The standard InChI is InChI=1S/C26H30N6O/c1-31(2)26(19-9-4-3-5-10-19)14-8-12-23-21(13-15-26)30-25(33)32(23)20-17-28-24(29-18-20)22-11-6-7-16-27-22/h3-7,9-11,16-18,21,23H,8,12-15H2,1-2H3,(H,30,33)/t21-,23?,26+/m0/s1. The monoisotopic (exact) mass is 442 g/mol. The Morgan fingerprint density at radius 3 is 2.42 bits per heavy atom. The zero-order chi connectivity index (χ0) is 22.8. The number of benzene rings is 1. The van der Waals surface area contributed by atoms with E-state index in [9.17, 15) is 4.79 Å². The van der Waals surface area contributed by atoms with Crippen LogP contribution >= 0.6 is 0 Å². The summed E-state index contributed by atoms with van der Waals surface area (Å²) in [5.41, 5.74) is 2.80. The molecule has 170 valence electrons. The molecule has 3 heterocycles. The predicted molar refractivity (Wildman–Crippen MR) is 129 cm³/mol. The Kier molecular flexibility index (Phi) is 5.81. The molecular weight excluding hydrogens is 412 g/mol. The van der Waals surface area contributed by atoms with E-state index in [1.807, 2.05) is 23.1 Å². The SMILES string of the molecule is CN(C)[C@]1(c2ccccc2)CCCC2[C@H](CC1)NC(=O)N2c1cnc(-c2ccccn2)nc1. The Morgan fingerprint density at radius 2 is 1.73 bits per heavy atom. The van der Waals surface area contributed by atoms with E-state index in [1.165, 1.54) is 5.56 Å². The number of amides is 2. The van der Waals surface area contributed by atoms with E-state index in [2.05, 4.69) is 69.6 Å².